The lowest BCUT2D eigenvalue weighted by atomic mass is 10.1. The fourth-order valence-electron chi connectivity index (χ4n) is 2.11. The maximum atomic E-state index is 11.6. The summed E-state index contributed by atoms with van der Waals surface area (Å²) in [6.07, 6.45) is 2.77. The van der Waals surface area contributed by atoms with Crippen molar-refractivity contribution in [1.29, 1.82) is 0 Å². The van der Waals surface area contributed by atoms with Gasteiger partial charge < -0.3 is 4.74 Å². The molecule has 0 bridgehead atoms. The minimum absolute atomic E-state index is 0. The van der Waals surface area contributed by atoms with E-state index in [0.29, 0.717) is 6.61 Å². The van der Waals surface area contributed by atoms with E-state index in [9.17, 15) is 4.79 Å². The van der Waals surface area contributed by atoms with Crippen molar-refractivity contribution < 1.29 is 9.53 Å². The molecule has 0 N–H and O–H groups in total. The van der Waals surface area contributed by atoms with E-state index in [4.69, 9.17) is 4.74 Å². The van der Waals surface area contributed by atoms with Crippen LogP contribution in [-0.4, -0.2) is 30.6 Å². The van der Waals surface area contributed by atoms with Crippen LogP contribution in [0.25, 0.3) is 0 Å². The van der Waals surface area contributed by atoms with Crippen molar-refractivity contribution in [1.82, 2.24) is 4.90 Å². The van der Waals surface area contributed by atoms with Crippen LogP contribution >= 0.6 is 12.4 Å². The molecule has 1 aromatic rings. The summed E-state index contributed by atoms with van der Waals surface area (Å²) in [5, 5.41) is 0. The van der Waals surface area contributed by atoms with E-state index >= 15 is 0 Å². The summed E-state index contributed by atoms with van der Waals surface area (Å²) in [7, 11) is 0. The lowest BCUT2D eigenvalue weighted by Gasteiger charge is -2.25. The van der Waals surface area contributed by atoms with Gasteiger partial charge in [0, 0.05) is 25.2 Å². The number of carbonyl (C=O) groups excluding carboxylic acids is 1. The highest BCUT2D eigenvalue weighted by molar-refractivity contribution is 5.88. The highest BCUT2D eigenvalue weighted by Gasteiger charge is 2.17. The Bertz CT molecular complexity index is 431. The van der Waals surface area contributed by atoms with Crippen LogP contribution in [0.2, 0.25) is 0 Å². The topological polar surface area (TPSA) is 29.5 Å². The van der Waals surface area contributed by atoms with E-state index in [-0.39, 0.29) is 18.4 Å². The van der Waals surface area contributed by atoms with Gasteiger partial charge in [-0.3, -0.25) is 4.90 Å². The molecule has 104 valence electrons. The molecule has 1 aliphatic heterocycles. The fourth-order valence-corrected chi connectivity index (χ4v) is 2.11. The lowest BCUT2D eigenvalue weighted by molar-refractivity contribution is -0.138. The molecular formula is C15H20ClNO2. The molecule has 0 amide bonds. The Labute approximate surface area is 120 Å². The third kappa shape index (κ3) is 4.69. The summed E-state index contributed by atoms with van der Waals surface area (Å²) in [6.45, 7) is 4.96. The first-order valence-electron chi connectivity index (χ1n) is 6.42. The number of carbonyl (C=O) groups is 1. The number of rotatable bonds is 4. The number of hydrogen-bond donors (Lipinski definition) is 0. The standard InChI is InChI=1S/C15H19NO2.ClH/c1-2-18-15(17)14-8-10-16(11-9-14)12-13-6-4-3-5-7-13;/h3-8H,2,9-12H2,1H3;1H. The summed E-state index contributed by atoms with van der Waals surface area (Å²) >= 11 is 0. The maximum Gasteiger partial charge on any atom is 0.333 e. The average molecular weight is 282 g/mol. The van der Waals surface area contributed by atoms with Crippen LogP contribution in [0, 0.1) is 0 Å². The predicted octanol–water partition coefficient (Wildman–Crippen LogP) is 2.80. The second-order valence-electron chi connectivity index (χ2n) is 4.42. The molecule has 0 aliphatic carbocycles. The van der Waals surface area contributed by atoms with Crippen molar-refractivity contribution in [3.8, 4) is 0 Å². The molecule has 2 rings (SSSR count). The van der Waals surface area contributed by atoms with Gasteiger partial charge in [0.25, 0.3) is 0 Å². The molecule has 3 nitrogen and oxygen atoms in total. The molecule has 0 radical (unpaired) electrons. The van der Waals surface area contributed by atoms with E-state index < -0.39 is 0 Å². The molecule has 1 heterocycles. The molecule has 0 spiro atoms. The Morgan fingerprint density at radius 3 is 2.63 bits per heavy atom. The van der Waals surface area contributed by atoms with Crippen LogP contribution in [0.4, 0.5) is 0 Å². The molecule has 0 atom stereocenters. The van der Waals surface area contributed by atoms with Crippen LogP contribution in [0.5, 0.6) is 0 Å². The third-order valence-electron chi connectivity index (χ3n) is 3.08. The van der Waals surface area contributed by atoms with Gasteiger partial charge in [-0.1, -0.05) is 36.4 Å². The van der Waals surface area contributed by atoms with Crippen molar-refractivity contribution in [2.75, 3.05) is 19.7 Å². The summed E-state index contributed by atoms with van der Waals surface area (Å²) in [5.74, 6) is -0.156. The molecule has 1 aromatic carbocycles. The fraction of sp³-hybridized carbons (Fsp3) is 0.400. The van der Waals surface area contributed by atoms with Crippen molar-refractivity contribution >= 4 is 18.4 Å². The van der Waals surface area contributed by atoms with E-state index in [1.165, 1.54) is 5.56 Å². The predicted molar refractivity (Wildman–Crippen MR) is 78.3 cm³/mol. The number of benzene rings is 1. The smallest absolute Gasteiger partial charge is 0.333 e. The molecule has 0 unspecified atom stereocenters. The van der Waals surface area contributed by atoms with Gasteiger partial charge in [-0.15, -0.1) is 12.4 Å². The lowest BCUT2D eigenvalue weighted by Crippen LogP contribution is -2.30. The van der Waals surface area contributed by atoms with Crippen LogP contribution in [0.3, 0.4) is 0 Å². The van der Waals surface area contributed by atoms with Crippen LogP contribution in [-0.2, 0) is 16.1 Å². The van der Waals surface area contributed by atoms with Crippen LogP contribution < -0.4 is 0 Å². The van der Waals surface area contributed by atoms with Crippen molar-refractivity contribution in [3.05, 3.63) is 47.5 Å². The Morgan fingerprint density at radius 1 is 1.32 bits per heavy atom. The highest BCUT2D eigenvalue weighted by atomic mass is 35.5. The Morgan fingerprint density at radius 2 is 2.05 bits per heavy atom. The molecule has 0 saturated heterocycles. The van der Waals surface area contributed by atoms with Gasteiger partial charge in [-0.05, 0) is 18.9 Å². The van der Waals surface area contributed by atoms with E-state index in [1.807, 2.05) is 19.1 Å². The molecule has 1 aliphatic rings. The van der Waals surface area contributed by atoms with Gasteiger partial charge in [0.2, 0.25) is 0 Å². The zero-order valence-corrected chi connectivity index (χ0v) is 12.0. The number of esters is 1. The van der Waals surface area contributed by atoms with E-state index in [2.05, 4.69) is 29.2 Å². The first-order chi connectivity index (χ1) is 8.79. The minimum atomic E-state index is -0.156. The SMILES string of the molecule is CCOC(=O)C1=CCN(Cc2ccccc2)CC1.Cl. The number of halogens is 1. The summed E-state index contributed by atoms with van der Waals surface area (Å²) < 4.78 is 5.01. The zero-order chi connectivity index (χ0) is 12.8. The second-order valence-corrected chi connectivity index (χ2v) is 4.42. The number of nitrogens with zero attached hydrogens (tertiary/aromatic N) is 1. The molecule has 0 aromatic heterocycles. The summed E-state index contributed by atoms with van der Waals surface area (Å²) in [6, 6.07) is 10.4. The summed E-state index contributed by atoms with van der Waals surface area (Å²) in [4.78, 5) is 13.9. The molecule has 0 saturated carbocycles. The average Bonchev–Trinajstić information content (AvgIpc) is 2.41. The monoisotopic (exact) mass is 281 g/mol. The van der Waals surface area contributed by atoms with Gasteiger partial charge >= 0.3 is 5.97 Å². The Balaban J connectivity index is 0.00000180. The first kappa shape index (κ1) is 15.7. The minimum Gasteiger partial charge on any atom is -0.463 e. The Hall–Kier alpha value is -1.32. The zero-order valence-electron chi connectivity index (χ0n) is 11.2. The van der Waals surface area contributed by atoms with Crippen molar-refractivity contribution in [2.45, 2.75) is 19.9 Å². The van der Waals surface area contributed by atoms with E-state index in [0.717, 1.165) is 31.6 Å². The van der Waals surface area contributed by atoms with Gasteiger partial charge in [0.1, 0.15) is 0 Å². The van der Waals surface area contributed by atoms with Gasteiger partial charge in [-0.25, -0.2) is 4.79 Å². The maximum absolute atomic E-state index is 11.6. The third-order valence-corrected chi connectivity index (χ3v) is 3.08. The van der Waals surface area contributed by atoms with Crippen LogP contribution in [0.1, 0.15) is 18.9 Å². The largest absolute Gasteiger partial charge is 0.463 e. The molecule has 19 heavy (non-hydrogen) atoms. The molecule has 0 fully saturated rings. The van der Waals surface area contributed by atoms with Gasteiger partial charge in [0.15, 0.2) is 0 Å². The van der Waals surface area contributed by atoms with Crippen molar-refractivity contribution in [2.24, 2.45) is 0 Å². The normalized spacial score (nSPS) is 15.3. The Kier molecular flexibility index (Phi) is 6.60. The number of ether oxygens (including phenoxy) is 1. The highest BCUT2D eigenvalue weighted by Crippen LogP contribution is 2.14. The quantitative estimate of drug-likeness (QED) is 0.795. The summed E-state index contributed by atoms with van der Waals surface area (Å²) in [5.41, 5.74) is 2.13. The van der Waals surface area contributed by atoms with Gasteiger partial charge in [0.05, 0.1) is 6.61 Å². The van der Waals surface area contributed by atoms with Gasteiger partial charge in [-0.2, -0.15) is 0 Å². The van der Waals surface area contributed by atoms with Crippen molar-refractivity contribution in [3.63, 3.8) is 0 Å². The first-order valence-corrected chi connectivity index (χ1v) is 6.42. The number of hydrogen-bond acceptors (Lipinski definition) is 3. The molecular weight excluding hydrogens is 262 g/mol. The molecule has 4 heteroatoms. The second kappa shape index (κ2) is 7.97. The van der Waals surface area contributed by atoms with Crippen LogP contribution in [0.15, 0.2) is 42.0 Å². The van der Waals surface area contributed by atoms with E-state index in [1.54, 1.807) is 0 Å².